The molecule has 2 fully saturated rings. The molecule has 142 valence electrons. The van der Waals surface area contributed by atoms with Crippen LogP contribution in [-0.4, -0.2) is 65.4 Å². The summed E-state index contributed by atoms with van der Waals surface area (Å²) in [5.41, 5.74) is 0. The first kappa shape index (κ1) is 19.5. The molecule has 0 spiro atoms. The molecule has 5 atom stereocenters. The molecule has 0 unspecified atom stereocenters. The molecule has 8 nitrogen and oxygen atoms in total. The Hall–Kier alpha value is -1.83. The summed E-state index contributed by atoms with van der Waals surface area (Å²) >= 11 is 0. The Morgan fingerprint density at radius 3 is 2.28 bits per heavy atom. The molecule has 2 aliphatic rings. The van der Waals surface area contributed by atoms with Crippen molar-refractivity contribution in [1.29, 1.82) is 0 Å². The summed E-state index contributed by atoms with van der Waals surface area (Å²) in [4.78, 5) is 37.9. The Morgan fingerprint density at radius 1 is 1.16 bits per heavy atom. The molecule has 2 rings (SSSR count). The maximum Gasteiger partial charge on any atom is 0.407 e. The van der Waals surface area contributed by atoms with Gasteiger partial charge in [0.25, 0.3) is 0 Å². The zero-order valence-electron chi connectivity index (χ0n) is 15.2. The topological polar surface area (TPSA) is 105 Å². The number of hydrogen-bond donors (Lipinski definition) is 2. The zero-order valence-corrected chi connectivity index (χ0v) is 15.2. The minimum Gasteiger partial charge on any atom is -0.480 e. The smallest absolute Gasteiger partial charge is 0.407 e. The van der Waals surface area contributed by atoms with Crippen LogP contribution in [0.15, 0.2) is 0 Å². The fourth-order valence-electron chi connectivity index (χ4n) is 4.05. The highest BCUT2D eigenvalue weighted by molar-refractivity contribution is 5.90. The number of carboxylic acids is 1. The van der Waals surface area contributed by atoms with Crippen molar-refractivity contribution < 1.29 is 29.0 Å². The molecular formula is C17H28N2O6. The van der Waals surface area contributed by atoms with Crippen LogP contribution in [0, 0.1) is 5.92 Å². The number of nitrogens with one attached hydrogen (secondary N) is 1. The number of ether oxygens (including phenoxy) is 2. The number of hydrogen-bond acceptors (Lipinski definition) is 5. The van der Waals surface area contributed by atoms with Crippen molar-refractivity contribution in [1.82, 2.24) is 10.2 Å². The third-order valence-electron chi connectivity index (χ3n) is 5.14. The third kappa shape index (κ3) is 4.42. The average molecular weight is 356 g/mol. The number of rotatable bonds is 4. The molecule has 0 bridgehead atoms. The molecule has 0 aromatic carbocycles. The maximum atomic E-state index is 13.2. The van der Waals surface area contributed by atoms with Crippen molar-refractivity contribution in [3.8, 4) is 0 Å². The van der Waals surface area contributed by atoms with E-state index in [1.807, 2.05) is 20.8 Å². The first-order chi connectivity index (χ1) is 11.7. The van der Waals surface area contributed by atoms with Crippen LogP contribution in [0.5, 0.6) is 0 Å². The van der Waals surface area contributed by atoms with Gasteiger partial charge in [0.05, 0.1) is 19.3 Å². The van der Waals surface area contributed by atoms with Crippen LogP contribution < -0.4 is 5.32 Å². The molecule has 0 aromatic rings. The number of carboxylic acid groups (broad SMARTS) is 1. The molecule has 2 heterocycles. The lowest BCUT2D eigenvalue weighted by Gasteiger charge is -2.39. The Bertz CT molecular complexity index is 515. The Morgan fingerprint density at radius 2 is 1.76 bits per heavy atom. The van der Waals surface area contributed by atoms with Gasteiger partial charge in [-0.1, -0.05) is 0 Å². The summed E-state index contributed by atoms with van der Waals surface area (Å²) in [6, 6.07) is -1.84. The highest BCUT2D eigenvalue weighted by Crippen LogP contribution is 2.31. The lowest BCUT2D eigenvalue weighted by atomic mass is 9.85. The van der Waals surface area contributed by atoms with Crippen molar-refractivity contribution in [3.05, 3.63) is 0 Å². The lowest BCUT2D eigenvalue weighted by molar-refractivity contribution is -0.152. The minimum atomic E-state index is -1.01. The van der Waals surface area contributed by atoms with Gasteiger partial charge in [0, 0.05) is 6.04 Å². The molecule has 2 N–H and O–H groups in total. The Labute approximate surface area is 147 Å². The van der Waals surface area contributed by atoms with Crippen LogP contribution >= 0.6 is 0 Å². The molecule has 2 aliphatic heterocycles. The predicted molar refractivity (Wildman–Crippen MR) is 89.0 cm³/mol. The second-order valence-corrected chi connectivity index (χ2v) is 7.13. The number of alkyl carbamates (subject to hydrolysis) is 1. The molecule has 2 amide bonds. The van der Waals surface area contributed by atoms with E-state index in [0.29, 0.717) is 25.7 Å². The molecule has 2 saturated heterocycles. The highest BCUT2D eigenvalue weighted by Gasteiger charge is 2.45. The van der Waals surface area contributed by atoms with Crippen molar-refractivity contribution in [2.75, 3.05) is 7.11 Å². The summed E-state index contributed by atoms with van der Waals surface area (Å²) in [7, 11) is 1.24. The molecule has 0 aliphatic carbocycles. The summed E-state index contributed by atoms with van der Waals surface area (Å²) in [5, 5.41) is 12.1. The van der Waals surface area contributed by atoms with Crippen LogP contribution in [0.4, 0.5) is 4.79 Å². The van der Waals surface area contributed by atoms with E-state index >= 15 is 0 Å². The molecule has 0 aromatic heterocycles. The van der Waals surface area contributed by atoms with Gasteiger partial charge in [0.15, 0.2) is 0 Å². The van der Waals surface area contributed by atoms with Crippen molar-refractivity contribution in [2.45, 2.75) is 76.8 Å². The summed E-state index contributed by atoms with van der Waals surface area (Å²) in [6.45, 7) is 5.70. The van der Waals surface area contributed by atoms with Crippen LogP contribution in [0.1, 0.15) is 46.5 Å². The van der Waals surface area contributed by atoms with Gasteiger partial charge in [-0.3, -0.25) is 4.79 Å². The number of aliphatic carboxylic acids is 1. The van der Waals surface area contributed by atoms with Gasteiger partial charge >= 0.3 is 12.1 Å². The van der Waals surface area contributed by atoms with Gasteiger partial charge in [0.1, 0.15) is 12.1 Å². The van der Waals surface area contributed by atoms with Crippen LogP contribution in [0.25, 0.3) is 0 Å². The molecule has 0 radical (unpaired) electrons. The van der Waals surface area contributed by atoms with Crippen molar-refractivity contribution in [3.63, 3.8) is 0 Å². The monoisotopic (exact) mass is 356 g/mol. The highest BCUT2D eigenvalue weighted by atomic mass is 16.5. The zero-order chi connectivity index (χ0) is 18.7. The largest absolute Gasteiger partial charge is 0.480 e. The van der Waals surface area contributed by atoms with Gasteiger partial charge in [-0.15, -0.1) is 0 Å². The van der Waals surface area contributed by atoms with E-state index in [-0.39, 0.29) is 30.1 Å². The van der Waals surface area contributed by atoms with Crippen molar-refractivity contribution in [2.24, 2.45) is 5.92 Å². The number of likely N-dealkylation sites (tertiary alicyclic amines) is 1. The average Bonchev–Trinajstić information content (AvgIpc) is 2.92. The first-order valence-corrected chi connectivity index (χ1v) is 8.79. The second kappa shape index (κ2) is 8.03. The fraction of sp³-hybridized carbons (Fsp3) is 0.824. The van der Waals surface area contributed by atoms with E-state index in [0.717, 1.165) is 0 Å². The van der Waals surface area contributed by atoms with Gasteiger partial charge in [-0.05, 0) is 52.4 Å². The Kier molecular flexibility index (Phi) is 6.26. The second-order valence-electron chi connectivity index (χ2n) is 7.13. The van der Waals surface area contributed by atoms with E-state index < -0.39 is 24.1 Å². The fourth-order valence-corrected chi connectivity index (χ4v) is 4.05. The van der Waals surface area contributed by atoms with E-state index in [2.05, 4.69) is 10.1 Å². The lowest BCUT2D eigenvalue weighted by Crippen LogP contribution is -2.57. The van der Waals surface area contributed by atoms with Crippen LogP contribution in [0.2, 0.25) is 0 Å². The number of methoxy groups -OCH3 is 1. The SMILES string of the molecule is COC(=O)N[C@H](C(=O)N1[C@@H](C)CC[C@H]1C(=O)O)C1C[C@@H](C)O[C@H](C)C1. The third-order valence-corrected chi connectivity index (χ3v) is 5.14. The quantitative estimate of drug-likeness (QED) is 0.788. The number of nitrogens with zero attached hydrogens (tertiary/aromatic N) is 1. The van der Waals surface area contributed by atoms with E-state index in [1.165, 1.54) is 12.0 Å². The number of carbonyl (C=O) groups excluding carboxylic acids is 2. The minimum absolute atomic E-state index is 0.0326. The number of amides is 2. The summed E-state index contributed by atoms with van der Waals surface area (Å²) in [6.07, 6.45) is 1.53. The van der Waals surface area contributed by atoms with Gasteiger partial charge < -0.3 is 24.8 Å². The van der Waals surface area contributed by atoms with E-state index in [9.17, 15) is 19.5 Å². The molecule has 0 saturated carbocycles. The number of carbonyl (C=O) groups is 3. The first-order valence-electron chi connectivity index (χ1n) is 8.79. The van der Waals surface area contributed by atoms with E-state index in [4.69, 9.17) is 4.74 Å². The van der Waals surface area contributed by atoms with Crippen LogP contribution in [-0.2, 0) is 19.1 Å². The molecular weight excluding hydrogens is 328 g/mol. The van der Waals surface area contributed by atoms with Gasteiger partial charge in [-0.2, -0.15) is 0 Å². The van der Waals surface area contributed by atoms with Gasteiger partial charge in [0.2, 0.25) is 5.91 Å². The van der Waals surface area contributed by atoms with E-state index in [1.54, 1.807) is 0 Å². The van der Waals surface area contributed by atoms with Gasteiger partial charge in [-0.25, -0.2) is 9.59 Å². The molecule has 25 heavy (non-hydrogen) atoms. The van der Waals surface area contributed by atoms with Crippen molar-refractivity contribution >= 4 is 18.0 Å². The molecule has 8 heteroatoms. The maximum absolute atomic E-state index is 13.2. The van der Waals surface area contributed by atoms with Crippen LogP contribution in [0.3, 0.4) is 0 Å². The normalized spacial score (nSPS) is 33.6. The standard InChI is InChI=1S/C17H28N2O6/c1-9-5-6-13(16(21)22)19(9)15(20)14(18-17(23)24-4)12-7-10(2)25-11(3)8-12/h9-14H,5-8H2,1-4H3,(H,18,23)(H,21,22)/t9-,10+,11+,13-,14-/m0/s1. The summed E-state index contributed by atoms with van der Waals surface area (Å²) < 4.78 is 10.4. The summed E-state index contributed by atoms with van der Waals surface area (Å²) in [5.74, 6) is -1.50. The Balaban J connectivity index is 2.25. The predicted octanol–water partition coefficient (Wildman–Crippen LogP) is 1.38.